The van der Waals surface area contributed by atoms with Gasteiger partial charge in [-0.25, -0.2) is 0 Å². The first kappa shape index (κ1) is 16.0. The molecule has 0 saturated heterocycles. The van der Waals surface area contributed by atoms with Gasteiger partial charge in [-0.2, -0.15) is 0 Å². The molecule has 134 valence electrons. The van der Waals surface area contributed by atoms with Gasteiger partial charge in [-0.15, -0.1) is 0 Å². The van der Waals surface area contributed by atoms with E-state index in [4.69, 9.17) is 7.73 Å². The number of hydrogen-bond donors (Lipinski definition) is 0. The van der Waals surface area contributed by atoms with E-state index in [1.165, 1.54) is 5.56 Å². The van der Waals surface area contributed by atoms with Crippen LogP contribution in [0.2, 0.25) is 19.6 Å². The Morgan fingerprint density at radius 1 is 0.885 bits per heavy atom. The van der Waals surface area contributed by atoms with E-state index in [2.05, 4.69) is 50.0 Å². The molecule has 1 heterocycles. The maximum absolute atomic E-state index is 8.74. The molecule has 0 saturated carbocycles. The second-order valence-electron chi connectivity index (χ2n) is 8.11. The number of aromatic nitrogens is 1. The number of benzene rings is 2. The maximum Gasteiger partial charge on any atom is 0.0799 e. The second-order valence-corrected chi connectivity index (χ2v) is 13.1. The van der Waals surface area contributed by atoms with E-state index in [9.17, 15) is 0 Å². The highest BCUT2D eigenvalue weighted by molar-refractivity contribution is 6.89. The molecule has 0 spiro atoms. The van der Waals surface area contributed by atoms with Crippen molar-refractivity contribution in [2.75, 3.05) is 0 Å². The third-order valence-electron chi connectivity index (χ3n) is 4.42. The lowest BCUT2D eigenvalue weighted by molar-refractivity contribution is 0.649. The van der Waals surface area contributed by atoms with Crippen LogP contribution >= 0.6 is 0 Å². The van der Waals surface area contributed by atoms with Crippen LogP contribution in [0.3, 0.4) is 0 Å². The van der Waals surface area contributed by atoms with Crippen LogP contribution in [-0.4, -0.2) is 13.1 Å². The number of hydrogen-bond acceptors (Lipinski definition) is 1. The molecule has 0 N–H and O–H groups in total. The highest BCUT2D eigenvalue weighted by atomic mass is 28.3. The molecule has 2 aromatic carbocycles. The van der Waals surface area contributed by atoms with Crippen molar-refractivity contribution in [1.82, 2.24) is 4.98 Å². The van der Waals surface area contributed by atoms with E-state index >= 15 is 0 Å². The molecule has 0 unspecified atom stereocenters. The average molecular weight is 362 g/mol. The molecule has 3 aromatic rings. The molecular weight excluding hydrogens is 330 g/mol. The molecular formula is C24H29NSi. The Labute approximate surface area is 162 Å². The van der Waals surface area contributed by atoms with Crippen LogP contribution in [-0.2, 0) is 6.37 Å². The topological polar surface area (TPSA) is 12.9 Å². The smallest absolute Gasteiger partial charge is 0.0799 e. The quantitative estimate of drug-likeness (QED) is 0.496. The molecule has 0 radical (unpaired) electrons. The van der Waals surface area contributed by atoms with Crippen molar-refractivity contribution in [3.63, 3.8) is 0 Å². The summed E-state index contributed by atoms with van der Waals surface area (Å²) in [4.78, 5) is 4.75. The van der Waals surface area contributed by atoms with Crippen LogP contribution in [0.4, 0.5) is 0 Å². The van der Waals surface area contributed by atoms with Crippen molar-refractivity contribution < 1.29 is 2.74 Å². The zero-order valence-electron chi connectivity index (χ0n) is 18.4. The fourth-order valence-corrected chi connectivity index (χ4v) is 4.53. The second kappa shape index (κ2) is 7.59. The van der Waals surface area contributed by atoms with E-state index in [0.717, 1.165) is 27.6 Å². The Kier molecular flexibility index (Phi) is 4.67. The van der Waals surface area contributed by atoms with E-state index < -0.39 is 14.4 Å². The highest BCUT2D eigenvalue weighted by Crippen LogP contribution is 2.26. The highest BCUT2D eigenvalue weighted by Gasteiger charge is 2.21. The van der Waals surface area contributed by atoms with Crippen LogP contribution < -0.4 is 5.19 Å². The van der Waals surface area contributed by atoms with Gasteiger partial charge in [-0.05, 0) is 46.3 Å². The summed E-state index contributed by atoms with van der Waals surface area (Å²) in [6.45, 7) is 10.6. The van der Waals surface area contributed by atoms with Gasteiger partial charge in [0.05, 0.1) is 13.8 Å². The predicted molar refractivity (Wildman–Crippen MR) is 117 cm³/mol. The van der Waals surface area contributed by atoms with Crippen molar-refractivity contribution in [2.24, 2.45) is 5.92 Å². The predicted octanol–water partition coefficient (Wildman–Crippen LogP) is 6.16. The lowest BCUT2D eigenvalue weighted by atomic mass is 9.99. The first-order chi connectivity index (χ1) is 13.1. The third kappa shape index (κ3) is 4.31. The van der Waals surface area contributed by atoms with Crippen LogP contribution in [0, 0.1) is 5.92 Å². The molecule has 1 nitrogen and oxygen atoms in total. The molecule has 0 aliphatic rings. The van der Waals surface area contributed by atoms with Crippen molar-refractivity contribution in [3.05, 3.63) is 72.4 Å². The fraction of sp³-hybridized carbons (Fsp3) is 0.292. The molecule has 0 aliphatic carbocycles. The molecule has 26 heavy (non-hydrogen) atoms. The number of pyridine rings is 1. The van der Waals surface area contributed by atoms with E-state index in [1.807, 2.05) is 50.4 Å². The molecule has 0 amide bonds. The van der Waals surface area contributed by atoms with Gasteiger partial charge in [0.2, 0.25) is 0 Å². The molecule has 0 fully saturated rings. The summed E-state index contributed by atoms with van der Waals surface area (Å²) in [7, 11) is -1.72. The summed E-state index contributed by atoms with van der Waals surface area (Å²) in [6.07, 6.45) is 0.538. The summed E-state index contributed by atoms with van der Waals surface area (Å²) in [5.74, 6) is -0.103. The number of rotatable bonds is 5. The Balaban J connectivity index is 2.14. The van der Waals surface area contributed by atoms with Crippen LogP contribution in [0.25, 0.3) is 22.4 Å². The minimum Gasteiger partial charge on any atom is -0.256 e. The number of nitrogens with zero attached hydrogens (tertiary/aromatic N) is 1. The lowest BCUT2D eigenvalue weighted by Gasteiger charge is -2.22. The van der Waals surface area contributed by atoms with Crippen molar-refractivity contribution in [2.45, 2.75) is 39.9 Å². The van der Waals surface area contributed by atoms with Gasteiger partial charge in [-0.1, -0.05) is 82.0 Å². The normalized spacial score (nSPS) is 13.5. The Hall–Kier alpha value is -2.19. The van der Waals surface area contributed by atoms with Gasteiger partial charge in [0.25, 0.3) is 0 Å². The minimum atomic E-state index is -1.72. The monoisotopic (exact) mass is 361 g/mol. The van der Waals surface area contributed by atoms with Gasteiger partial charge >= 0.3 is 0 Å². The average Bonchev–Trinajstić information content (AvgIpc) is 2.67. The largest absolute Gasteiger partial charge is 0.256 e. The van der Waals surface area contributed by atoms with Gasteiger partial charge < -0.3 is 0 Å². The Morgan fingerprint density at radius 3 is 2.19 bits per heavy atom. The van der Waals surface area contributed by atoms with Crippen molar-refractivity contribution in [3.8, 4) is 22.4 Å². The van der Waals surface area contributed by atoms with Gasteiger partial charge in [0.1, 0.15) is 0 Å². The van der Waals surface area contributed by atoms with Gasteiger partial charge in [-0.3, -0.25) is 4.98 Å². The molecule has 0 bridgehead atoms. The zero-order valence-corrected chi connectivity index (χ0v) is 17.4. The summed E-state index contributed by atoms with van der Waals surface area (Å²) >= 11 is 0. The Morgan fingerprint density at radius 2 is 1.54 bits per heavy atom. The molecule has 2 heteroatoms. The van der Waals surface area contributed by atoms with Gasteiger partial charge in [0, 0.05) is 14.5 Å². The third-order valence-corrected chi connectivity index (χ3v) is 6.44. The lowest BCUT2D eigenvalue weighted by Crippen LogP contribution is -2.40. The first-order valence-corrected chi connectivity index (χ1v) is 12.8. The SMILES string of the molecule is [2H]C([2H])(c1cc(-c2cccc(-c3ccccc3)c2)ncc1[Si](C)(C)C)C(C)C. The molecule has 3 rings (SSSR count). The Bertz CT molecular complexity index is 960. The summed E-state index contributed by atoms with van der Waals surface area (Å²) in [6, 6.07) is 20.6. The van der Waals surface area contributed by atoms with Crippen molar-refractivity contribution in [1.29, 1.82) is 0 Å². The van der Waals surface area contributed by atoms with Crippen LogP contribution in [0.5, 0.6) is 0 Å². The van der Waals surface area contributed by atoms with Gasteiger partial charge in [0.15, 0.2) is 0 Å². The minimum absolute atomic E-state index is 0.103. The molecule has 0 aliphatic heterocycles. The zero-order chi connectivity index (χ0) is 20.5. The standard InChI is InChI=1S/C24H29NSi/c1-18(2)14-22-16-23(25-17-24(22)26(3,4)5)21-13-9-12-20(15-21)19-10-7-6-8-11-19/h6-13,15-18H,14H2,1-5H3/i14D2. The first-order valence-electron chi connectivity index (χ1n) is 10.3. The van der Waals surface area contributed by atoms with E-state index in [-0.39, 0.29) is 5.92 Å². The molecule has 1 aromatic heterocycles. The summed E-state index contributed by atoms with van der Waals surface area (Å²) in [5.41, 5.74) is 4.96. The maximum atomic E-state index is 8.74. The summed E-state index contributed by atoms with van der Waals surface area (Å²) < 4.78 is 17.5. The molecule has 0 atom stereocenters. The van der Waals surface area contributed by atoms with Crippen LogP contribution in [0.15, 0.2) is 66.9 Å². The van der Waals surface area contributed by atoms with E-state index in [0.29, 0.717) is 0 Å². The van der Waals surface area contributed by atoms with E-state index in [1.54, 1.807) is 0 Å². The fourth-order valence-electron chi connectivity index (χ4n) is 3.13. The van der Waals surface area contributed by atoms with Crippen LogP contribution in [0.1, 0.15) is 22.2 Å². The summed E-state index contributed by atoms with van der Waals surface area (Å²) in [5, 5.41) is 1.11. The van der Waals surface area contributed by atoms with Crippen molar-refractivity contribution >= 4 is 13.3 Å².